The van der Waals surface area contributed by atoms with Crippen molar-refractivity contribution >= 4 is 10.2 Å². The summed E-state index contributed by atoms with van der Waals surface area (Å²) in [5.41, 5.74) is 5.69. The van der Waals surface area contributed by atoms with Gasteiger partial charge >= 0.3 is 0 Å². The lowest BCUT2D eigenvalue weighted by molar-refractivity contribution is 0.190. The van der Waals surface area contributed by atoms with E-state index in [1.165, 1.54) is 0 Å². The average Bonchev–Trinajstić information content (AvgIpc) is 3.00. The van der Waals surface area contributed by atoms with Crippen LogP contribution in [0.15, 0.2) is 0 Å². The highest BCUT2D eigenvalue weighted by atomic mass is 32.2. The van der Waals surface area contributed by atoms with Gasteiger partial charge in [0.25, 0.3) is 10.2 Å². The predicted molar refractivity (Wildman–Crippen MR) is 63.0 cm³/mol. The molecule has 2 rings (SSSR count). The zero-order chi connectivity index (χ0) is 11.8. The van der Waals surface area contributed by atoms with E-state index in [1.807, 2.05) is 0 Å². The van der Waals surface area contributed by atoms with E-state index in [1.54, 1.807) is 4.31 Å². The summed E-state index contributed by atoms with van der Waals surface area (Å²) in [6, 6.07) is 0.130. The van der Waals surface area contributed by atoms with E-state index in [0.29, 0.717) is 19.0 Å². The maximum absolute atomic E-state index is 12.1. The van der Waals surface area contributed by atoms with Crippen LogP contribution in [0.1, 0.15) is 32.6 Å². The largest absolute Gasteiger partial charge is 0.329 e. The fourth-order valence-electron chi connectivity index (χ4n) is 2.34. The highest BCUT2D eigenvalue weighted by Gasteiger charge is 2.38. The van der Waals surface area contributed by atoms with Crippen LogP contribution in [0.5, 0.6) is 0 Å². The molecule has 1 saturated carbocycles. The second kappa shape index (κ2) is 4.60. The van der Waals surface area contributed by atoms with Gasteiger partial charge in [-0.1, -0.05) is 6.92 Å². The minimum Gasteiger partial charge on any atom is -0.329 e. The summed E-state index contributed by atoms with van der Waals surface area (Å²) >= 11 is 0. The van der Waals surface area contributed by atoms with E-state index in [2.05, 4.69) is 11.6 Å². The van der Waals surface area contributed by atoms with Crippen LogP contribution >= 0.6 is 0 Å². The number of nitrogens with one attached hydrogen (secondary N) is 1. The van der Waals surface area contributed by atoms with E-state index >= 15 is 0 Å². The van der Waals surface area contributed by atoms with Gasteiger partial charge in [-0.05, 0) is 31.6 Å². The zero-order valence-corrected chi connectivity index (χ0v) is 10.5. The molecule has 2 atom stereocenters. The van der Waals surface area contributed by atoms with Crippen LogP contribution in [0.3, 0.4) is 0 Å². The molecule has 0 aromatic heterocycles. The SMILES string of the molecule is CC1CCCN(S(=O)(=O)NC2CC2)C1CN. The summed E-state index contributed by atoms with van der Waals surface area (Å²) in [7, 11) is -3.31. The van der Waals surface area contributed by atoms with Crippen LogP contribution in [0, 0.1) is 5.92 Å². The first-order chi connectivity index (χ1) is 7.54. The monoisotopic (exact) mass is 247 g/mol. The topological polar surface area (TPSA) is 75.4 Å². The third-order valence-corrected chi connectivity index (χ3v) is 5.21. The zero-order valence-electron chi connectivity index (χ0n) is 9.72. The molecule has 16 heavy (non-hydrogen) atoms. The number of nitrogens with two attached hydrogens (primary N) is 1. The highest BCUT2D eigenvalue weighted by Crippen LogP contribution is 2.27. The number of hydrogen-bond acceptors (Lipinski definition) is 3. The molecule has 0 amide bonds. The molecule has 1 aliphatic heterocycles. The van der Waals surface area contributed by atoms with Gasteiger partial charge in [0.15, 0.2) is 0 Å². The summed E-state index contributed by atoms with van der Waals surface area (Å²) in [5, 5.41) is 0. The Morgan fingerprint density at radius 3 is 2.62 bits per heavy atom. The van der Waals surface area contributed by atoms with E-state index in [0.717, 1.165) is 25.7 Å². The van der Waals surface area contributed by atoms with Gasteiger partial charge in [0.05, 0.1) is 0 Å². The predicted octanol–water partition coefficient (Wildman–Crippen LogP) is 0.0424. The Morgan fingerprint density at radius 1 is 1.38 bits per heavy atom. The first-order valence-electron chi connectivity index (χ1n) is 6.04. The molecule has 2 aliphatic rings. The van der Waals surface area contributed by atoms with Crippen molar-refractivity contribution in [2.24, 2.45) is 11.7 Å². The molecule has 3 N–H and O–H groups in total. The normalized spacial score (nSPS) is 32.9. The standard InChI is InChI=1S/C10H21N3O2S/c1-8-3-2-6-13(10(8)7-11)16(14,15)12-9-4-5-9/h8-10,12H,2-7,11H2,1H3. The Morgan fingerprint density at radius 2 is 2.06 bits per heavy atom. The van der Waals surface area contributed by atoms with Gasteiger partial charge in [0.2, 0.25) is 0 Å². The van der Waals surface area contributed by atoms with Crippen LogP contribution in [-0.2, 0) is 10.2 Å². The molecule has 1 aliphatic carbocycles. The minimum absolute atomic E-state index is 0.0370. The Bertz CT molecular complexity index is 340. The molecule has 0 bridgehead atoms. The van der Waals surface area contributed by atoms with Gasteiger partial charge in [-0.2, -0.15) is 17.4 Å². The fraction of sp³-hybridized carbons (Fsp3) is 1.00. The molecule has 0 spiro atoms. The first kappa shape index (κ1) is 12.3. The summed E-state index contributed by atoms with van der Waals surface area (Å²) in [6.07, 6.45) is 3.94. The molecule has 0 radical (unpaired) electrons. The van der Waals surface area contributed by atoms with Crippen LogP contribution < -0.4 is 10.5 Å². The van der Waals surface area contributed by atoms with Crippen molar-refractivity contribution in [2.75, 3.05) is 13.1 Å². The number of hydrogen-bond donors (Lipinski definition) is 2. The van der Waals surface area contributed by atoms with Gasteiger partial charge in [-0.3, -0.25) is 0 Å². The Balaban J connectivity index is 2.09. The molecule has 6 heteroatoms. The van der Waals surface area contributed by atoms with E-state index in [4.69, 9.17) is 5.73 Å². The van der Waals surface area contributed by atoms with Crippen molar-refractivity contribution in [1.82, 2.24) is 9.03 Å². The summed E-state index contributed by atoms with van der Waals surface area (Å²) in [5.74, 6) is 0.356. The second-order valence-corrected chi connectivity index (χ2v) is 6.59. The molecule has 0 aromatic rings. The van der Waals surface area contributed by atoms with Crippen molar-refractivity contribution in [3.8, 4) is 0 Å². The molecule has 0 aromatic carbocycles. The van der Waals surface area contributed by atoms with Gasteiger partial charge < -0.3 is 5.73 Å². The Hall–Kier alpha value is -0.170. The van der Waals surface area contributed by atoms with Crippen LogP contribution in [0.4, 0.5) is 0 Å². The number of rotatable bonds is 4. The molecule has 2 fully saturated rings. The smallest absolute Gasteiger partial charge is 0.280 e. The quantitative estimate of drug-likeness (QED) is 0.736. The van der Waals surface area contributed by atoms with Crippen LogP contribution in [-0.4, -0.2) is 37.9 Å². The minimum atomic E-state index is -3.31. The lowest BCUT2D eigenvalue weighted by Crippen LogP contribution is -2.55. The molecule has 1 heterocycles. The lowest BCUT2D eigenvalue weighted by Gasteiger charge is -2.38. The van der Waals surface area contributed by atoms with Gasteiger partial charge in [0, 0.05) is 25.2 Å². The highest BCUT2D eigenvalue weighted by molar-refractivity contribution is 7.87. The number of nitrogens with zero attached hydrogens (tertiary/aromatic N) is 1. The van der Waals surface area contributed by atoms with Gasteiger partial charge in [-0.15, -0.1) is 0 Å². The molecule has 1 saturated heterocycles. The Labute approximate surface area is 97.6 Å². The van der Waals surface area contributed by atoms with Crippen molar-refractivity contribution < 1.29 is 8.42 Å². The summed E-state index contributed by atoms with van der Waals surface area (Å²) in [6.45, 7) is 3.09. The van der Waals surface area contributed by atoms with Crippen molar-refractivity contribution in [3.05, 3.63) is 0 Å². The number of piperidine rings is 1. The van der Waals surface area contributed by atoms with Crippen molar-refractivity contribution in [2.45, 2.75) is 44.7 Å². The maximum atomic E-state index is 12.1. The summed E-state index contributed by atoms with van der Waals surface area (Å²) < 4.78 is 28.5. The van der Waals surface area contributed by atoms with E-state index < -0.39 is 10.2 Å². The summed E-state index contributed by atoms with van der Waals surface area (Å²) in [4.78, 5) is 0. The average molecular weight is 247 g/mol. The van der Waals surface area contributed by atoms with Crippen LogP contribution in [0.25, 0.3) is 0 Å². The van der Waals surface area contributed by atoms with Crippen molar-refractivity contribution in [3.63, 3.8) is 0 Å². The van der Waals surface area contributed by atoms with Gasteiger partial charge in [-0.25, -0.2) is 0 Å². The van der Waals surface area contributed by atoms with Crippen molar-refractivity contribution in [1.29, 1.82) is 0 Å². The fourth-order valence-corrected chi connectivity index (χ4v) is 4.15. The molecule has 2 unspecified atom stereocenters. The molecular formula is C10H21N3O2S. The third-order valence-electron chi connectivity index (χ3n) is 3.51. The second-order valence-electron chi connectivity index (χ2n) is 4.93. The Kier molecular flexibility index (Phi) is 3.53. The van der Waals surface area contributed by atoms with Gasteiger partial charge in [0.1, 0.15) is 0 Å². The van der Waals surface area contributed by atoms with E-state index in [-0.39, 0.29) is 12.1 Å². The van der Waals surface area contributed by atoms with Crippen LogP contribution in [0.2, 0.25) is 0 Å². The first-order valence-corrected chi connectivity index (χ1v) is 7.48. The third kappa shape index (κ3) is 2.56. The molecular weight excluding hydrogens is 226 g/mol. The lowest BCUT2D eigenvalue weighted by atomic mass is 9.93. The molecule has 94 valence electrons. The van der Waals surface area contributed by atoms with E-state index in [9.17, 15) is 8.42 Å². The maximum Gasteiger partial charge on any atom is 0.280 e. The molecule has 5 nitrogen and oxygen atoms in total.